The number of pyridine rings is 3. The molecule has 4 heterocycles. The number of nitrogens with one attached hydrogen (secondary N) is 2. The minimum Gasteiger partial charge on any atom is -0.380 e. The summed E-state index contributed by atoms with van der Waals surface area (Å²) >= 11 is 0. The summed E-state index contributed by atoms with van der Waals surface area (Å²) in [6.07, 6.45) is -0.512. The monoisotopic (exact) mass is 387 g/mol. The van der Waals surface area contributed by atoms with Crippen LogP contribution in [0.25, 0.3) is 22.3 Å². The van der Waals surface area contributed by atoms with Crippen LogP contribution in [0.1, 0.15) is 19.0 Å². The Labute approximate surface area is 160 Å². The van der Waals surface area contributed by atoms with Crippen LogP contribution in [0.15, 0.2) is 42.7 Å². The van der Waals surface area contributed by atoms with Crippen LogP contribution in [-0.2, 0) is 6.18 Å². The molecule has 0 spiro atoms. The predicted octanol–water partition coefficient (Wildman–Crippen LogP) is 4.12. The second kappa shape index (κ2) is 7.35. The molecule has 5 nitrogen and oxygen atoms in total. The van der Waals surface area contributed by atoms with E-state index in [1.54, 1.807) is 12.3 Å². The maximum atomic E-state index is 12.7. The summed E-state index contributed by atoms with van der Waals surface area (Å²) in [6.45, 7) is 4.11. The lowest BCUT2D eigenvalue weighted by atomic mass is 9.95. The zero-order chi connectivity index (χ0) is 19.7. The van der Waals surface area contributed by atoms with Gasteiger partial charge in [0.2, 0.25) is 0 Å². The van der Waals surface area contributed by atoms with Gasteiger partial charge in [-0.15, -0.1) is 0 Å². The predicted molar refractivity (Wildman–Crippen MR) is 102 cm³/mol. The van der Waals surface area contributed by atoms with E-state index in [0.29, 0.717) is 28.7 Å². The number of fused-ring (bicyclic) bond motifs is 1. The third-order valence-electron chi connectivity index (χ3n) is 5.06. The van der Waals surface area contributed by atoms with Crippen LogP contribution in [0, 0.1) is 5.92 Å². The van der Waals surface area contributed by atoms with Gasteiger partial charge in [-0.1, -0.05) is 6.92 Å². The standard InChI is InChI=1S/C20H20F3N5/c1-12-10-24-8-6-14(12)27-17-7-9-25-16-4-3-15(28-19(16)17)13-2-5-18(26-11-13)20(21,22)23/h2-5,7,9,11-12,14,24H,6,8,10H2,1H3,(H,25,27). The van der Waals surface area contributed by atoms with Crippen LogP contribution < -0.4 is 10.6 Å². The molecule has 0 aromatic carbocycles. The first-order valence-electron chi connectivity index (χ1n) is 9.18. The Balaban J connectivity index is 1.68. The number of alkyl halides is 3. The van der Waals surface area contributed by atoms with Gasteiger partial charge >= 0.3 is 6.18 Å². The molecule has 1 aliphatic heterocycles. The number of halogens is 3. The van der Waals surface area contributed by atoms with E-state index in [1.165, 1.54) is 12.3 Å². The van der Waals surface area contributed by atoms with Crippen LogP contribution in [0.4, 0.5) is 18.9 Å². The topological polar surface area (TPSA) is 62.7 Å². The zero-order valence-electron chi connectivity index (χ0n) is 15.3. The average molecular weight is 387 g/mol. The van der Waals surface area contributed by atoms with Crippen LogP contribution >= 0.6 is 0 Å². The van der Waals surface area contributed by atoms with E-state index in [0.717, 1.165) is 36.8 Å². The van der Waals surface area contributed by atoms with Crippen LogP contribution in [0.2, 0.25) is 0 Å². The first-order valence-corrected chi connectivity index (χ1v) is 9.18. The minimum atomic E-state index is -4.46. The molecule has 1 aliphatic rings. The van der Waals surface area contributed by atoms with E-state index in [1.807, 2.05) is 12.1 Å². The van der Waals surface area contributed by atoms with Crippen molar-refractivity contribution in [3.63, 3.8) is 0 Å². The van der Waals surface area contributed by atoms with E-state index < -0.39 is 11.9 Å². The Bertz CT molecular complexity index is 972. The fraction of sp³-hybridized carbons (Fsp3) is 0.350. The summed E-state index contributed by atoms with van der Waals surface area (Å²) in [7, 11) is 0. The van der Waals surface area contributed by atoms with Crippen molar-refractivity contribution < 1.29 is 13.2 Å². The van der Waals surface area contributed by atoms with Gasteiger partial charge in [0.25, 0.3) is 0 Å². The number of piperidine rings is 1. The van der Waals surface area contributed by atoms with Gasteiger partial charge in [-0.3, -0.25) is 9.97 Å². The van der Waals surface area contributed by atoms with Gasteiger partial charge in [-0.25, -0.2) is 4.98 Å². The Morgan fingerprint density at radius 3 is 2.68 bits per heavy atom. The highest BCUT2D eigenvalue weighted by atomic mass is 19.4. The molecule has 8 heteroatoms. The van der Waals surface area contributed by atoms with Crippen molar-refractivity contribution in [3.05, 3.63) is 48.4 Å². The molecule has 0 aliphatic carbocycles. The molecule has 3 aromatic rings. The summed E-state index contributed by atoms with van der Waals surface area (Å²) < 4.78 is 38.2. The molecule has 1 saturated heterocycles. The van der Waals surface area contributed by atoms with E-state index in [9.17, 15) is 13.2 Å². The number of nitrogens with zero attached hydrogens (tertiary/aromatic N) is 3. The van der Waals surface area contributed by atoms with Gasteiger partial charge in [0.1, 0.15) is 11.2 Å². The van der Waals surface area contributed by atoms with Crippen molar-refractivity contribution in [3.8, 4) is 11.3 Å². The quantitative estimate of drug-likeness (QED) is 0.708. The van der Waals surface area contributed by atoms with E-state index in [4.69, 9.17) is 0 Å². The second-order valence-corrected chi connectivity index (χ2v) is 7.07. The molecule has 2 N–H and O–H groups in total. The molecule has 28 heavy (non-hydrogen) atoms. The maximum Gasteiger partial charge on any atom is 0.433 e. The molecule has 0 saturated carbocycles. The zero-order valence-corrected chi connectivity index (χ0v) is 15.3. The normalized spacial score (nSPS) is 20.3. The maximum absolute atomic E-state index is 12.7. The minimum absolute atomic E-state index is 0.324. The van der Waals surface area contributed by atoms with Crippen LogP contribution in [0.3, 0.4) is 0 Å². The smallest absolute Gasteiger partial charge is 0.380 e. The summed E-state index contributed by atoms with van der Waals surface area (Å²) in [5.74, 6) is 0.472. The largest absolute Gasteiger partial charge is 0.433 e. The lowest BCUT2D eigenvalue weighted by molar-refractivity contribution is -0.141. The summed E-state index contributed by atoms with van der Waals surface area (Å²) in [5.41, 5.74) is 2.48. The third kappa shape index (κ3) is 3.77. The van der Waals surface area contributed by atoms with E-state index in [2.05, 4.69) is 32.5 Å². The molecule has 2 atom stereocenters. The molecular weight excluding hydrogens is 367 g/mol. The van der Waals surface area contributed by atoms with Gasteiger partial charge in [0, 0.05) is 24.0 Å². The summed E-state index contributed by atoms with van der Waals surface area (Å²) in [4.78, 5) is 12.6. The molecule has 4 rings (SSSR count). The van der Waals surface area contributed by atoms with Crippen molar-refractivity contribution in [1.29, 1.82) is 0 Å². The second-order valence-electron chi connectivity index (χ2n) is 7.07. The van der Waals surface area contributed by atoms with Crippen LogP contribution in [0.5, 0.6) is 0 Å². The lowest BCUT2D eigenvalue weighted by Gasteiger charge is -2.31. The van der Waals surface area contributed by atoms with Crippen LogP contribution in [-0.4, -0.2) is 34.1 Å². The highest BCUT2D eigenvalue weighted by molar-refractivity contribution is 5.89. The molecule has 1 fully saturated rings. The first kappa shape index (κ1) is 18.6. The first-order chi connectivity index (χ1) is 13.4. The van der Waals surface area contributed by atoms with Crippen molar-refractivity contribution in [2.45, 2.75) is 25.6 Å². The van der Waals surface area contributed by atoms with Gasteiger partial charge < -0.3 is 10.6 Å². The van der Waals surface area contributed by atoms with E-state index in [-0.39, 0.29) is 0 Å². The average Bonchev–Trinajstić information content (AvgIpc) is 2.69. The van der Waals surface area contributed by atoms with Gasteiger partial charge in [-0.05, 0) is 55.8 Å². The highest BCUT2D eigenvalue weighted by Gasteiger charge is 2.32. The summed E-state index contributed by atoms with van der Waals surface area (Å²) in [6, 6.07) is 8.15. The number of rotatable bonds is 3. The highest BCUT2D eigenvalue weighted by Crippen LogP contribution is 2.30. The third-order valence-corrected chi connectivity index (χ3v) is 5.06. The van der Waals surface area contributed by atoms with Crippen molar-refractivity contribution in [1.82, 2.24) is 20.3 Å². The van der Waals surface area contributed by atoms with Gasteiger partial charge in [-0.2, -0.15) is 13.2 Å². The number of hydrogen-bond acceptors (Lipinski definition) is 5. The van der Waals surface area contributed by atoms with Crippen molar-refractivity contribution in [2.75, 3.05) is 18.4 Å². The lowest BCUT2D eigenvalue weighted by Crippen LogP contribution is -2.42. The molecule has 0 bridgehead atoms. The molecule has 0 amide bonds. The fourth-order valence-corrected chi connectivity index (χ4v) is 3.44. The van der Waals surface area contributed by atoms with Crippen molar-refractivity contribution >= 4 is 16.7 Å². The van der Waals surface area contributed by atoms with Gasteiger partial charge in [0.15, 0.2) is 0 Å². The molecular formula is C20H20F3N5. The fourth-order valence-electron chi connectivity index (χ4n) is 3.44. The Morgan fingerprint density at radius 1 is 1.11 bits per heavy atom. The number of aromatic nitrogens is 3. The summed E-state index contributed by atoms with van der Waals surface area (Å²) in [5, 5.41) is 6.95. The van der Waals surface area contributed by atoms with Crippen molar-refractivity contribution in [2.24, 2.45) is 5.92 Å². The molecule has 3 aromatic heterocycles. The number of hydrogen-bond donors (Lipinski definition) is 2. The SMILES string of the molecule is CC1CNCCC1Nc1ccnc2ccc(-c3ccc(C(F)(F)F)nc3)nc12. The Hall–Kier alpha value is -2.74. The number of anilines is 1. The molecule has 0 radical (unpaired) electrons. The van der Waals surface area contributed by atoms with E-state index >= 15 is 0 Å². The van der Waals surface area contributed by atoms with Gasteiger partial charge in [0.05, 0.1) is 16.9 Å². The Morgan fingerprint density at radius 2 is 1.96 bits per heavy atom. The molecule has 146 valence electrons. The Kier molecular flexibility index (Phi) is 4.89. The molecule has 2 unspecified atom stereocenters.